The van der Waals surface area contributed by atoms with Gasteiger partial charge in [0.2, 0.25) is 6.29 Å². The van der Waals surface area contributed by atoms with Crippen molar-refractivity contribution < 1.29 is 73.8 Å². The summed E-state index contributed by atoms with van der Waals surface area (Å²) in [6.07, 6.45) is -14.8. The van der Waals surface area contributed by atoms with Crippen LogP contribution in [0.2, 0.25) is 0 Å². The Bertz CT molecular complexity index is 1440. The molecule has 2 aliphatic heterocycles. The third-order valence-corrected chi connectivity index (χ3v) is 7.55. The lowest BCUT2D eigenvalue weighted by Crippen LogP contribution is -2.64. The van der Waals surface area contributed by atoms with E-state index in [1.54, 1.807) is 0 Å². The van der Waals surface area contributed by atoms with Gasteiger partial charge in [0.15, 0.2) is 24.0 Å². The Morgan fingerprint density at radius 1 is 0.907 bits per heavy atom. The fourth-order valence-corrected chi connectivity index (χ4v) is 5.13. The normalized spacial score (nSPS) is 32.1. The zero-order chi connectivity index (χ0) is 31.3. The van der Waals surface area contributed by atoms with Crippen LogP contribution in [-0.4, -0.2) is 122 Å². The van der Waals surface area contributed by atoms with Crippen molar-refractivity contribution in [1.29, 1.82) is 0 Å². The highest BCUT2D eigenvalue weighted by atomic mass is 16.8. The number of ketones is 2. The zero-order valence-corrected chi connectivity index (χ0v) is 22.8. The second-order valence-electron chi connectivity index (χ2n) is 10.5. The Hall–Kier alpha value is -3.67. The molecule has 232 valence electrons. The lowest BCUT2D eigenvalue weighted by Gasteiger charge is -2.44. The highest BCUT2D eigenvalue weighted by Crippen LogP contribution is 2.41. The molecule has 7 N–H and O–H groups in total. The number of phenolic OH excluding ortho intramolecular Hbond substituents is 2. The molecular formula is C28H30O15. The molecule has 0 amide bonds. The third kappa shape index (κ3) is 5.57. The summed E-state index contributed by atoms with van der Waals surface area (Å²) < 4.78 is 27.5. The first kappa shape index (κ1) is 30.8. The molecule has 15 nitrogen and oxygen atoms in total. The number of carbonyl (C=O) groups is 3. The molecule has 0 saturated carbocycles. The summed E-state index contributed by atoms with van der Waals surface area (Å²) in [6.45, 7) is 1.53. The Balaban J connectivity index is 1.50. The molecule has 2 aromatic rings. The minimum atomic E-state index is -1.83. The van der Waals surface area contributed by atoms with Gasteiger partial charge in [-0.15, -0.1) is 0 Å². The molecule has 1 aliphatic carbocycles. The molecule has 2 aromatic carbocycles. The van der Waals surface area contributed by atoms with Crippen LogP contribution in [0.1, 0.15) is 44.3 Å². The molecule has 5 rings (SSSR count). The fraction of sp³-hybridized carbons (Fsp3) is 0.464. The number of rotatable bonds is 6. The van der Waals surface area contributed by atoms with E-state index in [-0.39, 0.29) is 39.3 Å². The number of ether oxygens (including phenoxy) is 5. The van der Waals surface area contributed by atoms with Gasteiger partial charge < -0.3 is 59.4 Å². The van der Waals surface area contributed by atoms with Crippen LogP contribution in [0.3, 0.4) is 0 Å². The summed E-state index contributed by atoms with van der Waals surface area (Å²) in [5, 5.41) is 72.7. The van der Waals surface area contributed by atoms with E-state index in [0.717, 1.165) is 19.1 Å². The van der Waals surface area contributed by atoms with Gasteiger partial charge in [-0.3, -0.25) is 14.4 Å². The van der Waals surface area contributed by atoms with Crippen LogP contribution in [-0.2, 0) is 23.7 Å². The number of hydrogen-bond donors (Lipinski definition) is 7. The smallest absolute Gasteiger partial charge is 0.302 e. The molecule has 43 heavy (non-hydrogen) atoms. The number of aliphatic hydroxyl groups is 5. The Labute approximate surface area is 243 Å². The van der Waals surface area contributed by atoms with Crippen molar-refractivity contribution in [3.05, 3.63) is 52.1 Å². The molecule has 2 heterocycles. The van der Waals surface area contributed by atoms with Gasteiger partial charge in [0, 0.05) is 29.2 Å². The molecule has 2 saturated heterocycles. The van der Waals surface area contributed by atoms with Gasteiger partial charge in [-0.1, -0.05) is 0 Å². The van der Waals surface area contributed by atoms with E-state index < -0.39 is 91.8 Å². The van der Waals surface area contributed by atoms with Gasteiger partial charge in [-0.25, -0.2) is 0 Å². The van der Waals surface area contributed by atoms with Crippen molar-refractivity contribution in [3.63, 3.8) is 0 Å². The summed E-state index contributed by atoms with van der Waals surface area (Å²) in [6, 6.07) is 4.76. The van der Waals surface area contributed by atoms with E-state index in [9.17, 15) is 50.1 Å². The minimum absolute atomic E-state index is 0.0193. The first-order valence-electron chi connectivity index (χ1n) is 13.2. The number of esters is 1. The number of phenols is 2. The van der Waals surface area contributed by atoms with Crippen molar-refractivity contribution in [2.45, 2.75) is 69.2 Å². The van der Waals surface area contributed by atoms with Gasteiger partial charge in [-0.2, -0.15) is 0 Å². The van der Waals surface area contributed by atoms with E-state index >= 15 is 0 Å². The Morgan fingerprint density at radius 3 is 2.33 bits per heavy atom. The summed E-state index contributed by atoms with van der Waals surface area (Å²) in [7, 11) is 0. The van der Waals surface area contributed by atoms with Gasteiger partial charge in [0.1, 0.15) is 60.5 Å². The van der Waals surface area contributed by atoms with E-state index in [1.165, 1.54) is 19.1 Å². The highest BCUT2D eigenvalue weighted by molar-refractivity contribution is 6.29. The maximum Gasteiger partial charge on any atom is 0.302 e. The van der Waals surface area contributed by atoms with Gasteiger partial charge >= 0.3 is 5.97 Å². The topological polar surface area (TPSA) is 239 Å². The molecule has 0 unspecified atom stereocenters. The van der Waals surface area contributed by atoms with Crippen LogP contribution >= 0.6 is 0 Å². The van der Waals surface area contributed by atoms with Crippen LogP contribution in [0.4, 0.5) is 0 Å². The summed E-state index contributed by atoms with van der Waals surface area (Å²) in [5.41, 5.74) is -0.693. The summed E-state index contributed by atoms with van der Waals surface area (Å²) >= 11 is 0. The molecule has 9 atom stereocenters. The van der Waals surface area contributed by atoms with Gasteiger partial charge in [-0.05, 0) is 31.2 Å². The summed E-state index contributed by atoms with van der Waals surface area (Å²) in [4.78, 5) is 37.9. The van der Waals surface area contributed by atoms with Crippen molar-refractivity contribution in [2.24, 2.45) is 0 Å². The number of fused-ring (bicyclic) bond motifs is 2. The summed E-state index contributed by atoms with van der Waals surface area (Å²) in [5.74, 6) is -3.14. The van der Waals surface area contributed by atoms with Crippen molar-refractivity contribution in [3.8, 4) is 17.2 Å². The maximum absolute atomic E-state index is 13.3. The van der Waals surface area contributed by atoms with Crippen LogP contribution in [0.15, 0.2) is 24.3 Å². The second-order valence-corrected chi connectivity index (χ2v) is 10.5. The average Bonchev–Trinajstić information content (AvgIpc) is 2.96. The quantitative estimate of drug-likeness (QED) is 0.156. The van der Waals surface area contributed by atoms with Crippen molar-refractivity contribution in [2.75, 3.05) is 13.2 Å². The largest absolute Gasteiger partial charge is 0.508 e. The van der Waals surface area contributed by atoms with Crippen molar-refractivity contribution >= 4 is 17.5 Å². The monoisotopic (exact) mass is 606 g/mol. The molecule has 0 radical (unpaired) electrons. The third-order valence-electron chi connectivity index (χ3n) is 7.55. The molecule has 0 spiro atoms. The molecule has 0 aromatic heterocycles. The van der Waals surface area contributed by atoms with Gasteiger partial charge in [0.05, 0.1) is 12.2 Å². The average molecular weight is 607 g/mol. The fourth-order valence-electron chi connectivity index (χ4n) is 5.13. The van der Waals surface area contributed by atoms with Gasteiger partial charge in [0.25, 0.3) is 0 Å². The van der Waals surface area contributed by atoms with E-state index in [4.69, 9.17) is 23.7 Å². The van der Waals surface area contributed by atoms with E-state index in [2.05, 4.69) is 0 Å². The molecule has 15 heteroatoms. The number of benzene rings is 2. The molecule has 3 aliphatic rings. The van der Waals surface area contributed by atoms with Crippen LogP contribution < -0.4 is 4.74 Å². The lowest BCUT2D eigenvalue weighted by atomic mass is 9.82. The molecular weight excluding hydrogens is 576 g/mol. The Morgan fingerprint density at radius 2 is 1.63 bits per heavy atom. The number of carbonyl (C=O) groups excluding carboxylic acids is 3. The minimum Gasteiger partial charge on any atom is -0.508 e. The van der Waals surface area contributed by atoms with Crippen LogP contribution in [0.5, 0.6) is 17.2 Å². The standard InChI is InChI=1S/C28H30O15/c1-9-16(6-14-18(19(9)32)21(34)12-4-3-11(30)5-13(12)20(14)33)41-28-26(43-27-25(38)22(35)15(31)7-40-27)24(37)23(36)17(42-28)8-39-10(2)29/h3-6,15,17,22-28,30-32,35-38H,7-8H2,1-2H3/t15-,17+,22+,23-,24+,25+,26+,27-,28+/m0/s1. The molecule has 2 fully saturated rings. The predicted molar refractivity (Wildman–Crippen MR) is 138 cm³/mol. The van der Waals surface area contributed by atoms with Crippen LogP contribution in [0.25, 0.3) is 0 Å². The van der Waals surface area contributed by atoms with E-state index in [1.807, 2.05) is 0 Å². The Kier molecular flexibility index (Phi) is 8.43. The lowest BCUT2D eigenvalue weighted by molar-refractivity contribution is -0.345. The first-order chi connectivity index (χ1) is 20.3. The highest BCUT2D eigenvalue weighted by Gasteiger charge is 2.50. The maximum atomic E-state index is 13.3. The SMILES string of the molecule is CC(=O)OC[C@H]1O[C@@H](Oc2cc3c(c(O)c2C)C(=O)c2ccc(O)cc2C3=O)[C@H](O[C@@H]2OC[C@H](O)[C@@H](O)[C@H]2O)[C@H](O)[C@H]1O. The first-order valence-corrected chi connectivity index (χ1v) is 13.2. The number of aliphatic hydroxyl groups excluding tert-OH is 5. The predicted octanol–water partition coefficient (Wildman–Crippen LogP) is -1.61. The molecule has 0 bridgehead atoms. The van der Waals surface area contributed by atoms with Crippen LogP contribution in [0, 0.1) is 6.92 Å². The number of hydrogen-bond acceptors (Lipinski definition) is 15. The zero-order valence-electron chi connectivity index (χ0n) is 22.8. The number of aromatic hydroxyl groups is 2. The second kappa shape index (κ2) is 11.8. The van der Waals surface area contributed by atoms with Crippen molar-refractivity contribution in [1.82, 2.24) is 0 Å². The van der Waals surface area contributed by atoms with E-state index in [0.29, 0.717) is 0 Å².